The SMILES string of the molecule is CCCCOC(=O)c1ccc(NC(=O)/C=C/c2cc(Br)cc(Br)c2OC)cc1. The highest BCUT2D eigenvalue weighted by Crippen LogP contribution is 2.33. The van der Waals surface area contributed by atoms with E-state index in [4.69, 9.17) is 9.47 Å². The number of anilines is 1. The predicted octanol–water partition coefficient (Wildman–Crippen LogP) is 5.83. The molecular weight excluding hydrogens is 490 g/mol. The van der Waals surface area contributed by atoms with E-state index in [1.807, 2.05) is 19.1 Å². The molecule has 0 aliphatic carbocycles. The first-order valence-corrected chi connectivity index (χ1v) is 10.3. The summed E-state index contributed by atoms with van der Waals surface area (Å²) in [7, 11) is 1.57. The largest absolute Gasteiger partial charge is 0.495 e. The molecule has 2 aromatic carbocycles. The van der Waals surface area contributed by atoms with Crippen molar-refractivity contribution >= 4 is 55.5 Å². The van der Waals surface area contributed by atoms with Crippen LogP contribution in [0.1, 0.15) is 35.7 Å². The third-order valence-corrected chi connectivity index (χ3v) is 4.82. The second-order valence-electron chi connectivity index (χ2n) is 5.90. The number of unbranched alkanes of at least 4 members (excludes halogenated alkanes) is 1. The molecule has 0 bridgehead atoms. The monoisotopic (exact) mass is 509 g/mol. The Balaban J connectivity index is 2.00. The van der Waals surface area contributed by atoms with Crippen LogP contribution < -0.4 is 10.1 Å². The van der Waals surface area contributed by atoms with Crippen molar-refractivity contribution < 1.29 is 19.1 Å². The van der Waals surface area contributed by atoms with Crippen LogP contribution in [0.5, 0.6) is 5.75 Å². The number of esters is 1. The number of hydrogen-bond acceptors (Lipinski definition) is 4. The molecule has 2 rings (SSSR count). The average molecular weight is 511 g/mol. The molecule has 0 radical (unpaired) electrons. The van der Waals surface area contributed by atoms with E-state index in [1.165, 1.54) is 6.08 Å². The number of carbonyl (C=O) groups is 2. The average Bonchev–Trinajstić information content (AvgIpc) is 2.66. The summed E-state index contributed by atoms with van der Waals surface area (Å²) in [4.78, 5) is 24.1. The van der Waals surface area contributed by atoms with Gasteiger partial charge < -0.3 is 14.8 Å². The lowest BCUT2D eigenvalue weighted by molar-refractivity contribution is -0.111. The molecule has 0 saturated heterocycles. The minimum atomic E-state index is -0.362. The maximum absolute atomic E-state index is 12.2. The summed E-state index contributed by atoms with van der Waals surface area (Å²) in [6, 6.07) is 10.3. The summed E-state index contributed by atoms with van der Waals surface area (Å²) < 4.78 is 12.2. The van der Waals surface area contributed by atoms with Crippen molar-refractivity contribution in [2.75, 3.05) is 19.0 Å². The summed E-state index contributed by atoms with van der Waals surface area (Å²) in [5.74, 6) is -0.0202. The van der Waals surface area contributed by atoms with Crippen LogP contribution in [0.3, 0.4) is 0 Å². The van der Waals surface area contributed by atoms with Gasteiger partial charge in [-0.3, -0.25) is 4.79 Å². The highest BCUT2D eigenvalue weighted by atomic mass is 79.9. The fraction of sp³-hybridized carbons (Fsp3) is 0.238. The summed E-state index contributed by atoms with van der Waals surface area (Å²) in [5.41, 5.74) is 1.79. The maximum Gasteiger partial charge on any atom is 0.338 e. The zero-order valence-electron chi connectivity index (χ0n) is 15.6. The molecule has 0 saturated carbocycles. The van der Waals surface area contributed by atoms with Crippen molar-refractivity contribution in [2.24, 2.45) is 0 Å². The van der Waals surface area contributed by atoms with Gasteiger partial charge in [0.1, 0.15) is 5.75 Å². The second-order valence-corrected chi connectivity index (χ2v) is 7.67. The Labute approximate surface area is 181 Å². The van der Waals surface area contributed by atoms with Crippen molar-refractivity contribution in [3.8, 4) is 5.75 Å². The van der Waals surface area contributed by atoms with Crippen LogP contribution in [0.2, 0.25) is 0 Å². The quantitative estimate of drug-likeness (QED) is 0.275. The number of amides is 1. The van der Waals surface area contributed by atoms with Crippen molar-refractivity contribution in [1.29, 1.82) is 0 Å². The summed E-state index contributed by atoms with van der Waals surface area (Å²) in [6.07, 6.45) is 4.90. The molecule has 0 unspecified atom stereocenters. The molecule has 1 amide bonds. The third-order valence-electron chi connectivity index (χ3n) is 3.77. The van der Waals surface area contributed by atoms with Crippen molar-refractivity contribution in [3.63, 3.8) is 0 Å². The first-order valence-electron chi connectivity index (χ1n) is 8.74. The number of methoxy groups -OCH3 is 1. The number of hydrogen-bond donors (Lipinski definition) is 1. The van der Waals surface area contributed by atoms with E-state index >= 15 is 0 Å². The van der Waals surface area contributed by atoms with Crippen molar-refractivity contribution in [3.05, 3.63) is 62.5 Å². The van der Waals surface area contributed by atoms with Crippen LogP contribution in [-0.2, 0) is 9.53 Å². The molecule has 28 heavy (non-hydrogen) atoms. The Hall–Kier alpha value is -2.12. The predicted molar refractivity (Wildman–Crippen MR) is 118 cm³/mol. The van der Waals surface area contributed by atoms with Gasteiger partial charge in [-0.15, -0.1) is 0 Å². The minimum absolute atomic E-state index is 0.295. The molecule has 0 fully saturated rings. The van der Waals surface area contributed by atoms with Gasteiger partial charge in [0.05, 0.1) is 23.8 Å². The fourth-order valence-corrected chi connectivity index (χ4v) is 3.77. The molecular formula is C21H21Br2NO4. The lowest BCUT2D eigenvalue weighted by atomic mass is 10.2. The third kappa shape index (κ3) is 6.49. The molecule has 0 aliphatic heterocycles. The molecule has 5 nitrogen and oxygen atoms in total. The Morgan fingerprint density at radius 1 is 1.14 bits per heavy atom. The zero-order valence-corrected chi connectivity index (χ0v) is 18.8. The van der Waals surface area contributed by atoms with E-state index in [0.717, 1.165) is 27.4 Å². The Morgan fingerprint density at radius 3 is 2.50 bits per heavy atom. The highest BCUT2D eigenvalue weighted by Gasteiger charge is 2.09. The van der Waals surface area contributed by atoms with Gasteiger partial charge in [-0.2, -0.15) is 0 Å². The normalized spacial score (nSPS) is 10.7. The van der Waals surface area contributed by atoms with Crippen LogP contribution in [0.15, 0.2) is 51.4 Å². The fourth-order valence-electron chi connectivity index (χ4n) is 2.35. The molecule has 0 aromatic heterocycles. The Kier molecular flexibility index (Phi) is 8.73. The molecule has 1 N–H and O–H groups in total. The van der Waals surface area contributed by atoms with Gasteiger partial charge in [-0.25, -0.2) is 4.79 Å². The first-order chi connectivity index (χ1) is 13.4. The number of nitrogens with one attached hydrogen (secondary N) is 1. The lowest BCUT2D eigenvalue weighted by Gasteiger charge is -2.08. The van der Waals surface area contributed by atoms with Gasteiger partial charge in [0.15, 0.2) is 0 Å². The van der Waals surface area contributed by atoms with E-state index in [-0.39, 0.29) is 11.9 Å². The molecule has 0 spiro atoms. The van der Waals surface area contributed by atoms with Gasteiger partial charge >= 0.3 is 5.97 Å². The molecule has 2 aromatic rings. The number of halogens is 2. The van der Waals surface area contributed by atoms with Gasteiger partial charge in [-0.1, -0.05) is 29.3 Å². The van der Waals surface area contributed by atoms with Crippen LogP contribution in [0.4, 0.5) is 5.69 Å². The van der Waals surface area contributed by atoms with Crippen LogP contribution in [-0.4, -0.2) is 25.6 Å². The summed E-state index contributed by atoms with van der Waals surface area (Å²) in [6.45, 7) is 2.44. The van der Waals surface area contributed by atoms with Crippen LogP contribution in [0, 0.1) is 0 Å². The van der Waals surface area contributed by atoms with Gasteiger partial charge in [0, 0.05) is 21.8 Å². The second kappa shape index (κ2) is 11.0. The van der Waals surface area contributed by atoms with E-state index in [1.54, 1.807) is 37.5 Å². The molecule has 7 heteroatoms. The smallest absolute Gasteiger partial charge is 0.338 e. The number of ether oxygens (including phenoxy) is 2. The highest BCUT2D eigenvalue weighted by molar-refractivity contribution is 9.11. The van der Waals surface area contributed by atoms with E-state index in [0.29, 0.717) is 23.6 Å². The van der Waals surface area contributed by atoms with Crippen LogP contribution >= 0.6 is 31.9 Å². The molecule has 0 heterocycles. The topological polar surface area (TPSA) is 64.6 Å². The Bertz CT molecular complexity index is 863. The maximum atomic E-state index is 12.2. The van der Waals surface area contributed by atoms with Gasteiger partial charge in [0.2, 0.25) is 5.91 Å². The number of carbonyl (C=O) groups excluding carboxylic acids is 2. The molecule has 0 aliphatic rings. The van der Waals surface area contributed by atoms with E-state index in [2.05, 4.69) is 37.2 Å². The van der Waals surface area contributed by atoms with E-state index < -0.39 is 0 Å². The van der Waals surface area contributed by atoms with Crippen molar-refractivity contribution in [1.82, 2.24) is 0 Å². The van der Waals surface area contributed by atoms with Crippen LogP contribution in [0.25, 0.3) is 6.08 Å². The van der Waals surface area contributed by atoms with Gasteiger partial charge in [-0.05, 0) is 64.8 Å². The van der Waals surface area contributed by atoms with E-state index in [9.17, 15) is 9.59 Å². The molecule has 148 valence electrons. The Morgan fingerprint density at radius 2 is 1.86 bits per heavy atom. The lowest BCUT2D eigenvalue weighted by Crippen LogP contribution is -2.09. The first kappa shape index (κ1) is 22.2. The standard InChI is InChI=1S/C21H21Br2NO4/c1-3-4-11-28-21(26)14-5-8-17(9-6-14)24-19(25)10-7-15-12-16(22)13-18(23)20(15)27-2/h5-10,12-13H,3-4,11H2,1-2H3,(H,24,25)/b10-7+. The molecule has 0 atom stereocenters. The minimum Gasteiger partial charge on any atom is -0.495 e. The number of rotatable bonds is 8. The van der Waals surface area contributed by atoms with Crippen molar-refractivity contribution in [2.45, 2.75) is 19.8 Å². The number of benzene rings is 2. The van der Waals surface area contributed by atoms with Gasteiger partial charge in [0.25, 0.3) is 0 Å². The summed E-state index contributed by atoms with van der Waals surface area (Å²) >= 11 is 6.85. The zero-order chi connectivity index (χ0) is 20.5. The summed E-state index contributed by atoms with van der Waals surface area (Å²) in [5, 5.41) is 2.76.